The Kier molecular flexibility index (Phi) is 5.77. The van der Waals surface area contributed by atoms with E-state index in [1.807, 2.05) is 0 Å². The summed E-state index contributed by atoms with van der Waals surface area (Å²) in [5, 5.41) is 0. The van der Waals surface area contributed by atoms with Crippen LogP contribution in [0.4, 0.5) is 0 Å². The van der Waals surface area contributed by atoms with Gasteiger partial charge in [-0.2, -0.15) is 0 Å². The van der Waals surface area contributed by atoms with E-state index in [1.165, 1.54) is 11.1 Å². The van der Waals surface area contributed by atoms with Gasteiger partial charge in [-0.3, -0.25) is 0 Å². The van der Waals surface area contributed by atoms with E-state index in [4.69, 9.17) is 0 Å². The van der Waals surface area contributed by atoms with Crippen molar-refractivity contribution in [2.45, 2.75) is 52.4 Å². The van der Waals surface area contributed by atoms with Crippen LogP contribution in [0.25, 0.3) is 0 Å². The first-order chi connectivity index (χ1) is 6.21. The zero-order chi connectivity index (χ0) is 11.0. The van der Waals surface area contributed by atoms with Crippen molar-refractivity contribution in [2.24, 2.45) is 0 Å². The molecule has 80 valence electrons. The molecule has 0 saturated heterocycles. The van der Waals surface area contributed by atoms with Crippen LogP contribution in [-0.2, 0) is 10.8 Å². The fourth-order valence-corrected chi connectivity index (χ4v) is 1.45. The Bertz CT molecular complexity index is 289. The fraction of sp³-hybridized carbons (Fsp3) is 0.571. The van der Waals surface area contributed by atoms with E-state index in [-0.39, 0.29) is 63.6 Å². The summed E-state index contributed by atoms with van der Waals surface area (Å²) in [6, 6.07) is 8.94. The number of hydrogen-bond donors (Lipinski definition) is 0. The van der Waals surface area contributed by atoms with E-state index in [0.29, 0.717) is 0 Å². The molecule has 0 spiro atoms. The van der Waals surface area contributed by atoms with Gasteiger partial charge in [-0.05, 0) is 22.0 Å². The van der Waals surface area contributed by atoms with E-state index < -0.39 is 0 Å². The standard InChI is InChI=1S/C14H22.K.H/c1-13(2,3)11-8-7-9-12(10-11)14(4,5)6;;/h7-10H,1-6H3;;/q;+1;-1. The maximum Gasteiger partial charge on any atom is 1.00 e. The van der Waals surface area contributed by atoms with Crippen molar-refractivity contribution in [1.82, 2.24) is 0 Å². The third-order valence-electron chi connectivity index (χ3n) is 2.59. The average Bonchev–Trinajstić information content (AvgIpc) is 2.01. The van der Waals surface area contributed by atoms with Gasteiger partial charge in [0, 0.05) is 0 Å². The first-order valence-corrected chi connectivity index (χ1v) is 5.32. The predicted molar refractivity (Wildman–Crippen MR) is 65.0 cm³/mol. The Morgan fingerprint density at radius 2 is 1.13 bits per heavy atom. The largest absolute Gasteiger partial charge is 1.00 e. The topological polar surface area (TPSA) is 0 Å². The maximum absolute atomic E-state index is 2.33. The molecule has 0 unspecified atom stereocenters. The number of hydrogen-bond acceptors (Lipinski definition) is 0. The van der Waals surface area contributed by atoms with Gasteiger partial charge in [0.05, 0.1) is 0 Å². The summed E-state index contributed by atoms with van der Waals surface area (Å²) >= 11 is 0. The summed E-state index contributed by atoms with van der Waals surface area (Å²) in [6.45, 7) is 13.6. The summed E-state index contributed by atoms with van der Waals surface area (Å²) in [6.07, 6.45) is 0. The molecule has 1 aromatic carbocycles. The zero-order valence-corrected chi connectivity index (χ0v) is 14.4. The molecular formula is C14H23K. The zero-order valence-electron chi connectivity index (χ0n) is 12.3. The van der Waals surface area contributed by atoms with Gasteiger partial charge in [0.25, 0.3) is 0 Å². The van der Waals surface area contributed by atoms with Crippen LogP contribution in [0.1, 0.15) is 54.1 Å². The fourth-order valence-electron chi connectivity index (χ4n) is 1.45. The molecule has 0 aliphatic heterocycles. The minimum atomic E-state index is 0. The summed E-state index contributed by atoms with van der Waals surface area (Å²) in [4.78, 5) is 0. The second-order valence-corrected chi connectivity index (χ2v) is 6.08. The van der Waals surface area contributed by atoms with Crippen molar-refractivity contribution in [3.8, 4) is 0 Å². The van der Waals surface area contributed by atoms with E-state index in [1.54, 1.807) is 0 Å². The van der Waals surface area contributed by atoms with Crippen LogP contribution >= 0.6 is 0 Å². The Balaban J connectivity index is 0. The summed E-state index contributed by atoms with van der Waals surface area (Å²) in [5.41, 5.74) is 3.34. The average molecular weight is 230 g/mol. The normalized spacial score (nSPS) is 12.1. The van der Waals surface area contributed by atoms with Gasteiger partial charge in [-0.1, -0.05) is 65.8 Å². The van der Waals surface area contributed by atoms with Gasteiger partial charge in [-0.15, -0.1) is 0 Å². The predicted octanol–water partition coefficient (Wildman–Crippen LogP) is 1.40. The summed E-state index contributed by atoms with van der Waals surface area (Å²) in [5.74, 6) is 0. The van der Waals surface area contributed by atoms with E-state index in [2.05, 4.69) is 65.8 Å². The molecule has 1 rings (SSSR count). The first-order valence-electron chi connectivity index (χ1n) is 5.32. The van der Waals surface area contributed by atoms with Crippen molar-refractivity contribution in [1.29, 1.82) is 0 Å². The smallest absolute Gasteiger partial charge is 1.00 e. The molecule has 1 heteroatoms. The van der Waals surface area contributed by atoms with Crippen LogP contribution in [0.15, 0.2) is 24.3 Å². The number of rotatable bonds is 0. The molecule has 0 aromatic heterocycles. The third-order valence-corrected chi connectivity index (χ3v) is 2.59. The quantitative estimate of drug-likeness (QED) is 0.591. The molecule has 0 amide bonds. The molecule has 0 heterocycles. The molecule has 0 aliphatic rings. The molecule has 0 nitrogen and oxygen atoms in total. The second-order valence-electron chi connectivity index (χ2n) is 6.08. The van der Waals surface area contributed by atoms with E-state index in [9.17, 15) is 0 Å². The maximum atomic E-state index is 2.33. The molecule has 0 N–H and O–H groups in total. The SMILES string of the molecule is CC(C)(C)c1cccc(C(C)(C)C)c1.[H-].[K+]. The molecule has 0 fully saturated rings. The Hall–Kier alpha value is 0.856. The van der Waals surface area contributed by atoms with E-state index in [0.717, 1.165) is 0 Å². The second kappa shape index (κ2) is 5.46. The third kappa shape index (κ3) is 4.70. The van der Waals surface area contributed by atoms with Crippen LogP contribution in [0.3, 0.4) is 0 Å². The van der Waals surface area contributed by atoms with Crippen LogP contribution in [0.5, 0.6) is 0 Å². The molecule has 15 heavy (non-hydrogen) atoms. The molecule has 1 aromatic rings. The molecule has 0 atom stereocenters. The van der Waals surface area contributed by atoms with Gasteiger partial charge < -0.3 is 1.43 Å². The molecule has 0 radical (unpaired) electrons. The van der Waals surface area contributed by atoms with Crippen molar-refractivity contribution in [3.63, 3.8) is 0 Å². The van der Waals surface area contributed by atoms with Crippen LogP contribution in [0.2, 0.25) is 0 Å². The van der Waals surface area contributed by atoms with Gasteiger partial charge in [0.1, 0.15) is 0 Å². The van der Waals surface area contributed by atoms with Crippen LogP contribution in [0, 0.1) is 0 Å². The Morgan fingerprint density at radius 3 is 1.40 bits per heavy atom. The van der Waals surface area contributed by atoms with Gasteiger partial charge in [0.15, 0.2) is 0 Å². The molecular weight excluding hydrogens is 207 g/mol. The van der Waals surface area contributed by atoms with Gasteiger partial charge in [0.2, 0.25) is 0 Å². The van der Waals surface area contributed by atoms with Crippen molar-refractivity contribution in [3.05, 3.63) is 35.4 Å². The minimum absolute atomic E-state index is 0. The molecule has 0 aliphatic carbocycles. The summed E-state index contributed by atoms with van der Waals surface area (Å²) in [7, 11) is 0. The Morgan fingerprint density at radius 1 is 0.800 bits per heavy atom. The van der Waals surface area contributed by atoms with Crippen molar-refractivity contribution < 1.29 is 52.8 Å². The van der Waals surface area contributed by atoms with Gasteiger partial charge >= 0.3 is 51.4 Å². The molecule has 0 saturated carbocycles. The van der Waals surface area contributed by atoms with Crippen LogP contribution < -0.4 is 51.4 Å². The Labute approximate surface area is 139 Å². The van der Waals surface area contributed by atoms with Crippen LogP contribution in [-0.4, -0.2) is 0 Å². The van der Waals surface area contributed by atoms with Crippen molar-refractivity contribution >= 4 is 0 Å². The summed E-state index contributed by atoms with van der Waals surface area (Å²) < 4.78 is 0. The van der Waals surface area contributed by atoms with E-state index >= 15 is 0 Å². The van der Waals surface area contributed by atoms with Gasteiger partial charge in [-0.25, -0.2) is 0 Å². The molecule has 0 bridgehead atoms. The van der Waals surface area contributed by atoms with Crippen molar-refractivity contribution in [2.75, 3.05) is 0 Å². The minimum Gasteiger partial charge on any atom is -1.00 e. The number of benzene rings is 1. The monoisotopic (exact) mass is 230 g/mol. The first kappa shape index (κ1) is 15.9.